The number of aliphatic imine (C=N–C) groups is 1. The summed E-state index contributed by atoms with van der Waals surface area (Å²) in [4.78, 5) is 17.4. The fourth-order valence-corrected chi connectivity index (χ4v) is 4.01. The molecular weight excluding hydrogens is 443 g/mol. The van der Waals surface area contributed by atoms with Gasteiger partial charge in [0.1, 0.15) is 6.61 Å². The zero-order valence-electron chi connectivity index (χ0n) is 16.3. The predicted molar refractivity (Wildman–Crippen MR) is 124 cm³/mol. The van der Waals surface area contributed by atoms with E-state index < -0.39 is 0 Å². The van der Waals surface area contributed by atoms with Gasteiger partial charge in [0.05, 0.1) is 22.2 Å². The van der Waals surface area contributed by atoms with Crippen molar-refractivity contribution < 1.29 is 14.3 Å². The first kappa shape index (κ1) is 22.1. The molecule has 0 atom stereocenters. The Bertz CT molecular complexity index is 1090. The van der Waals surface area contributed by atoms with Crippen LogP contribution >= 0.6 is 35.0 Å². The number of thioether (sulfide) groups is 1. The normalized spacial score (nSPS) is 15.9. The number of carbonyl (C=O) groups is 1. The van der Waals surface area contributed by atoms with Crippen molar-refractivity contribution in [3.05, 3.63) is 56.4 Å². The van der Waals surface area contributed by atoms with Crippen LogP contribution in [0.1, 0.15) is 18.1 Å². The molecule has 3 rings (SSSR count). The monoisotopic (exact) mass is 460 g/mol. The fourth-order valence-electron chi connectivity index (χ4n) is 2.67. The van der Waals surface area contributed by atoms with E-state index in [0.717, 1.165) is 11.3 Å². The van der Waals surface area contributed by atoms with E-state index >= 15 is 0 Å². The summed E-state index contributed by atoms with van der Waals surface area (Å²) in [5.74, 6) is 2.99. The molecule has 1 aliphatic heterocycles. The number of ether oxygens (including phenoxy) is 2. The van der Waals surface area contributed by atoms with Gasteiger partial charge in [0, 0.05) is 5.02 Å². The zero-order chi connectivity index (χ0) is 21.7. The van der Waals surface area contributed by atoms with Gasteiger partial charge in [-0.2, -0.15) is 0 Å². The molecule has 0 spiro atoms. The number of aryl methyl sites for hydroxylation is 1. The molecule has 1 saturated heterocycles. The molecule has 30 heavy (non-hydrogen) atoms. The van der Waals surface area contributed by atoms with Gasteiger partial charge in [0.15, 0.2) is 16.7 Å². The summed E-state index contributed by atoms with van der Waals surface area (Å²) in [5.41, 5.74) is 2.34. The lowest BCUT2D eigenvalue weighted by molar-refractivity contribution is -0.115. The molecule has 8 heteroatoms. The molecule has 1 N–H and O–H groups in total. The molecule has 1 amide bonds. The second-order valence-electron chi connectivity index (χ2n) is 6.17. The number of amidine groups is 1. The number of amides is 1. The van der Waals surface area contributed by atoms with Crippen molar-refractivity contribution in [3.8, 4) is 23.8 Å². The second kappa shape index (κ2) is 9.94. The average Bonchev–Trinajstić information content (AvgIpc) is 3.02. The molecule has 1 aliphatic rings. The number of hydrogen-bond donors (Lipinski definition) is 1. The molecule has 5 nitrogen and oxygen atoms in total. The van der Waals surface area contributed by atoms with E-state index in [1.54, 1.807) is 24.3 Å². The van der Waals surface area contributed by atoms with Crippen molar-refractivity contribution in [2.45, 2.75) is 13.8 Å². The minimum atomic E-state index is -0.243. The van der Waals surface area contributed by atoms with Crippen LogP contribution in [0.4, 0.5) is 5.69 Å². The maximum Gasteiger partial charge on any atom is 0.264 e. The number of carbonyl (C=O) groups excluding carboxylic acids is 1. The Kier molecular flexibility index (Phi) is 7.33. The Morgan fingerprint density at radius 3 is 2.77 bits per heavy atom. The molecule has 0 bridgehead atoms. The van der Waals surface area contributed by atoms with Gasteiger partial charge >= 0.3 is 0 Å². The van der Waals surface area contributed by atoms with Gasteiger partial charge in [-0.3, -0.25) is 4.79 Å². The number of hydrogen-bond acceptors (Lipinski definition) is 5. The van der Waals surface area contributed by atoms with Gasteiger partial charge in [-0.05, 0) is 73.1 Å². The first-order valence-electron chi connectivity index (χ1n) is 8.99. The van der Waals surface area contributed by atoms with Gasteiger partial charge in [0.2, 0.25) is 0 Å². The number of terminal acetylenes is 1. The lowest BCUT2D eigenvalue weighted by atomic mass is 10.2. The third kappa shape index (κ3) is 5.31. The van der Waals surface area contributed by atoms with Gasteiger partial charge < -0.3 is 14.8 Å². The number of benzene rings is 2. The highest BCUT2D eigenvalue weighted by molar-refractivity contribution is 8.18. The molecule has 0 aromatic heterocycles. The Labute approximate surface area is 189 Å². The first-order chi connectivity index (χ1) is 14.4. The van der Waals surface area contributed by atoms with Crippen LogP contribution in [-0.4, -0.2) is 24.3 Å². The standard InChI is InChI=1S/C22H18Cl2N2O3S/c1-4-8-29-20-16(24)10-14(11-18(20)28-5-2)12-19-21(27)26-22(30-19)25-17-7-6-15(23)9-13(17)3/h1,6-7,9-12H,5,8H2,2-3H3,(H,25,26,27)/b19-12-. The van der Waals surface area contributed by atoms with Crippen LogP contribution in [0.3, 0.4) is 0 Å². The zero-order valence-corrected chi connectivity index (χ0v) is 18.6. The van der Waals surface area contributed by atoms with Crippen LogP contribution in [0, 0.1) is 19.3 Å². The lowest BCUT2D eigenvalue weighted by Crippen LogP contribution is -2.19. The Hall–Kier alpha value is -2.59. The third-order valence-electron chi connectivity index (χ3n) is 3.96. The van der Waals surface area contributed by atoms with E-state index in [4.69, 9.17) is 39.1 Å². The SMILES string of the molecule is C#CCOc1c(Cl)cc(/C=C2\SC(=Nc3ccc(Cl)cc3C)NC2=O)cc1OCC. The minimum Gasteiger partial charge on any atom is -0.490 e. The summed E-state index contributed by atoms with van der Waals surface area (Å²) in [5, 5.41) is 4.24. The summed E-state index contributed by atoms with van der Waals surface area (Å²) < 4.78 is 11.1. The molecule has 0 saturated carbocycles. The van der Waals surface area contributed by atoms with Crippen LogP contribution in [0.15, 0.2) is 40.2 Å². The highest BCUT2D eigenvalue weighted by Gasteiger charge is 2.24. The number of nitrogens with one attached hydrogen (secondary N) is 1. The van der Waals surface area contributed by atoms with E-state index in [-0.39, 0.29) is 12.5 Å². The van der Waals surface area contributed by atoms with Gasteiger partial charge in [0.25, 0.3) is 5.91 Å². The molecule has 0 radical (unpaired) electrons. The second-order valence-corrected chi connectivity index (χ2v) is 8.04. The van der Waals surface area contributed by atoms with Gasteiger partial charge in [-0.15, -0.1) is 6.42 Å². The summed E-state index contributed by atoms with van der Waals surface area (Å²) in [6.07, 6.45) is 6.97. The van der Waals surface area contributed by atoms with Crippen LogP contribution < -0.4 is 14.8 Å². The minimum absolute atomic E-state index is 0.0719. The van der Waals surface area contributed by atoms with Crippen LogP contribution in [0.5, 0.6) is 11.5 Å². The third-order valence-corrected chi connectivity index (χ3v) is 5.39. The van der Waals surface area contributed by atoms with Crippen LogP contribution in [0.2, 0.25) is 10.0 Å². The van der Waals surface area contributed by atoms with Gasteiger partial charge in [-0.25, -0.2) is 4.99 Å². The molecule has 1 fully saturated rings. The van der Waals surface area contributed by atoms with Crippen molar-refractivity contribution in [2.24, 2.45) is 4.99 Å². The van der Waals surface area contributed by atoms with E-state index in [0.29, 0.717) is 43.8 Å². The predicted octanol–water partition coefficient (Wildman–Crippen LogP) is 5.60. The molecule has 0 aliphatic carbocycles. The highest BCUT2D eigenvalue weighted by Crippen LogP contribution is 2.38. The summed E-state index contributed by atoms with van der Waals surface area (Å²) in [6.45, 7) is 4.26. The molecule has 0 unspecified atom stereocenters. The van der Waals surface area contributed by atoms with E-state index in [9.17, 15) is 4.79 Å². The lowest BCUT2D eigenvalue weighted by Gasteiger charge is -2.13. The average molecular weight is 461 g/mol. The Balaban J connectivity index is 1.88. The van der Waals surface area contributed by atoms with Crippen molar-refractivity contribution in [3.63, 3.8) is 0 Å². The molecular formula is C22H18Cl2N2O3S. The van der Waals surface area contributed by atoms with E-state index in [2.05, 4.69) is 16.2 Å². The maximum absolute atomic E-state index is 12.4. The summed E-state index contributed by atoms with van der Waals surface area (Å²) in [7, 11) is 0. The molecule has 2 aromatic carbocycles. The van der Waals surface area contributed by atoms with E-state index in [1.165, 1.54) is 11.8 Å². The quantitative estimate of drug-likeness (QED) is 0.449. The van der Waals surface area contributed by atoms with Crippen LogP contribution in [0.25, 0.3) is 6.08 Å². The van der Waals surface area contributed by atoms with E-state index in [1.807, 2.05) is 26.0 Å². The summed E-state index contributed by atoms with van der Waals surface area (Å²) >= 11 is 13.6. The summed E-state index contributed by atoms with van der Waals surface area (Å²) in [6, 6.07) is 8.82. The van der Waals surface area contributed by atoms with Gasteiger partial charge in [-0.1, -0.05) is 29.1 Å². The van der Waals surface area contributed by atoms with Crippen molar-refractivity contribution in [1.82, 2.24) is 5.32 Å². The fraction of sp³-hybridized carbons (Fsp3) is 0.182. The Morgan fingerprint density at radius 1 is 1.27 bits per heavy atom. The highest BCUT2D eigenvalue weighted by atomic mass is 35.5. The maximum atomic E-state index is 12.4. The number of nitrogens with zero attached hydrogens (tertiary/aromatic N) is 1. The number of halogens is 2. The topological polar surface area (TPSA) is 59.9 Å². The van der Waals surface area contributed by atoms with Crippen molar-refractivity contribution >= 4 is 57.8 Å². The largest absolute Gasteiger partial charge is 0.490 e. The van der Waals surface area contributed by atoms with Crippen molar-refractivity contribution in [2.75, 3.05) is 13.2 Å². The molecule has 1 heterocycles. The first-order valence-corrected chi connectivity index (χ1v) is 10.6. The molecule has 2 aromatic rings. The Morgan fingerprint density at radius 2 is 2.07 bits per heavy atom. The van der Waals surface area contributed by atoms with Crippen molar-refractivity contribution in [1.29, 1.82) is 0 Å². The molecule has 154 valence electrons. The number of rotatable bonds is 6. The van der Waals surface area contributed by atoms with Crippen LogP contribution in [-0.2, 0) is 4.79 Å². The smallest absolute Gasteiger partial charge is 0.264 e.